The maximum Gasteiger partial charge on any atom is 0.338 e. The summed E-state index contributed by atoms with van der Waals surface area (Å²) in [5.41, 5.74) is 10.8. The standard InChI is InChI=1S/C29H28N4O7/c1-19(34)31-25-26(40-28(36)22-15-9-4-10-16-22)24(32-33-30)23(18-37-27(35)21-13-7-3-8-14-21)39-29(25)38-17-20-11-5-2-6-12-20/h2-16,23-26,29H,17-18H2,1H3,(H,31,34)/t23?,24-,25?,26+,29-/m1/s1. The number of rotatable bonds is 10. The molecule has 1 amide bonds. The summed E-state index contributed by atoms with van der Waals surface area (Å²) in [6.45, 7) is 1.05. The summed E-state index contributed by atoms with van der Waals surface area (Å²) in [6, 6.07) is 23.6. The summed E-state index contributed by atoms with van der Waals surface area (Å²) < 4.78 is 23.5. The predicted molar refractivity (Wildman–Crippen MR) is 143 cm³/mol. The van der Waals surface area contributed by atoms with Crippen LogP contribution < -0.4 is 5.32 Å². The molecule has 1 aliphatic heterocycles. The van der Waals surface area contributed by atoms with Crippen LogP contribution in [0.1, 0.15) is 33.2 Å². The molecule has 3 aromatic carbocycles. The molecule has 0 spiro atoms. The molecule has 0 aliphatic carbocycles. The highest BCUT2D eigenvalue weighted by atomic mass is 16.7. The Balaban J connectivity index is 1.64. The van der Waals surface area contributed by atoms with Gasteiger partial charge >= 0.3 is 11.9 Å². The first-order valence-corrected chi connectivity index (χ1v) is 12.6. The number of hydrogen-bond acceptors (Lipinski definition) is 8. The smallest absolute Gasteiger partial charge is 0.338 e. The van der Waals surface area contributed by atoms with Crippen LogP contribution in [-0.4, -0.2) is 55.0 Å². The lowest BCUT2D eigenvalue weighted by molar-refractivity contribution is -0.246. The minimum absolute atomic E-state index is 0.101. The van der Waals surface area contributed by atoms with Gasteiger partial charge in [-0.25, -0.2) is 9.59 Å². The van der Waals surface area contributed by atoms with Crippen molar-refractivity contribution in [2.24, 2.45) is 5.11 Å². The molecule has 1 saturated heterocycles. The summed E-state index contributed by atoms with van der Waals surface area (Å²) in [6.07, 6.45) is -3.44. The molecule has 2 unspecified atom stereocenters. The van der Waals surface area contributed by atoms with Gasteiger partial charge in [-0.1, -0.05) is 71.8 Å². The van der Waals surface area contributed by atoms with Crippen LogP contribution in [0.15, 0.2) is 96.1 Å². The number of amides is 1. The second kappa shape index (κ2) is 13.9. The molecule has 40 heavy (non-hydrogen) atoms. The highest BCUT2D eigenvalue weighted by Crippen LogP contribution is 2.29. The van der Waals surface area contributed by atoms with Gasteiger partial charge in [0.2, 0.25) is 5.91 Å². The van der Waals surface area contributed by atoms with Crippen LogP contribution in [0.25, 0.3) is 10.4 Å². The SMILES string of the molecule is CC(=O)NC1[C@H](OCc2ccccc2)OC(COC(=O)c2ccccc2)[C@@H](N=[N+]=[N-])[C@@H]1OC(=O)c1ccccc1. The van der Waals surface area contributed by atoms with Crippen LogP contribution in [0.2, 0.25) is 0 Å². The minimum Gasteiger partial charge on any atom is -0.459 e. The number of azide groups is 1. The molecular formula is C29H28N4O7. The van der Waals surface area contributed by atoms with Crippen molar-refractivity contribution in [2.75, 3.05) is 6.61 Å². The van der Waals surface area contributed by atoms with Crippen LogP contribution in [0.3, 0.4) is 0 Å². The molecule has 3 aromatic rings. The van der Waals surface area contributed by atoms with Crippen molar-refractivity contribution >= 4 is 17.8 Å². The molecule has 0 aromatic heterocycles. The largest absolute Gasteiger partial charge is 0.459 e. The number of ether oxygens (including phenoxy) is 4. The van der Waals surface area contributed by atoms with E-state index < -0.39 is 48.4 Å². The Morgan fingerprint density at radius 2 is 1.48 bits per heavy atom. The second-order valence-electron chi connectivity index (χ2n) is 8.96. The first kappa shape index (κ1) is 28.3. The summed E-state index contributed by atoms with van der Waals surface area (Å²) >= 11 is 0. The molecule has 11 nitrogen and oxygen atoms in total. The number of carbonyl (C=O) groups is 3. The zero-order chi connectivity index (χ0) is 28.3. The van der Waals surface area contributed by atoms with Crippen molar-refractivity contribution in [1.29, 1.82) is 0 Å². The van der Waals surface area contributed by atoms with E-state index in [0.29, 0.717) is 5.56 Å². The number of carbonyl (C=O) groups excluding carboxylic acids is 3. The second-order valence-corrected chi connectivity index (χ2v) is 8.96. The van der Waals surface area contributed by atoms with Crippen molar-refractivity contribution in [3.8, 4) is 0 Å². The van der Waals surface area contributed by atoms with Crippen molar-refractivity contribution in [3.63, 3.8) is 0 Å². The molecule has 0 radical (unpaired) electrons. The lowest BCUT2D eigenvalue weighted by atomic mass is 9.94. The van der Waals surface area contributed by atoms with Gasteiger partial charge in [0, 0.05) is 11.8 Å². The first-order valence-electron chi connectivity index (χ1n) is 12.6. The van der Waals surface area contributed by atoms with Crippen LogP contribution in [0.4, 0.5) is 0 Å². The molecule has 0 bridgehead atoms. The van der Waals surface area contributed by atoms with Gasteiger partial charge in [-0.3, -0.25) is 4.79 Å². The van der Waals surface area contributed by atoms with Gasteiger partial charge in [0.15, 0.2) is 6.29 Å². The van der Waals surface area contributed by atoms with Crippen LogP contribution in [0.5, 0.6) is 0 Å². The average molecular weight is 545 g/mol. The summed E-state index contributed by atoms with van der Waals surface area (Å²) in [7, 11) is 0. The molecule has 1 heterocycles. The summed E-state index contributed by atoms with van der Waals surface area (Å²) in [5, 5.41) is 6.55. The van der Waals surface area contributed by atoms with Crippen LogP contribution >= 0.6 is 0 Å². The Bertz CT molecular complexity index is 1330. The molecular weight excluding hydrogens is 516 g/mol. The Labute approximate surface area is 230 Å². The van der Waals surface area contributed by atoms with Gasteiger partial charge in [0.05, 0.1) is 17.7 Å². The Morgan fingerprint density at radius 1 is 0.900 bits per heavy atom. The monoisotopic (exact) mass is 544 g/mol. The lowest BCUT2D eigenvalue weighted by Crippen LogP contribution is -2.65. The number of nitrogens with one attached hydrogen (secondary N) is 1. The van der Waals surface area contributed by atoms with E-state index in [2.05, 4.69) is 15.3 Å². The maximum absolute atomic E-state index is 13.1. The van der Waals surface area contributed by atoms with E-state index >= 15 is 0 Å². The third-order valence-electron chi connectivity index (χ3n) is 6.13. The maximum atomic E-state index is 13.1. The Hall–Kier alpha value is -4.70. The zero-order valence-corrected chi connectivity index (χ0v) is 21.7. The third kappa shape index (κ3) is 7.45. The quantitative estimate of drug-likeness (QED) is 0.174. The first-order chi connectivity index (χ1) is 19.5. The van der Waals surface area contributed by atoms with E-state index in [-0.39, 0.29) is 18.8 Å². The van der Waals surface area contributed by atoms with Gasteiger partial charge in [0.1, 0.15) is 30.9 Å². The van der Waals surface area contributed by atoms with Crippen LogP contribution in [-0.2, 0) is 30.3 Å². The minimum atomic E-state index is -1.22. The summed E-state index contributed by atoms with van der Waals surface area (Å²) in [5.74, 6) is -1.77. The topological polar surface area (TPSA) is 149 Å². The highest BCUT2D eigenvalue weighted by Gasteiger charge is 2.49. The van der Waals surface area contributed by atoms with Gasteiger partial charge < -0.3 is 24.3 Å². The zero-order valence-electron chi connectivity index (χ0n) is 21.7. The van der Waals surface area contributed by atoms with Crippen molar-refractivity contribution in [1.82, 2.24) is 5.32 Å². The van der Waals surface area contributed by atoms with Gasteiger partial charge in [0.25, 0.3) is 0 Å². The van der Waals surface area contributed by atoms with E-state index in [9.17, 15) is 19.9 Å². The number of hydrogen-bond donors (Lipinski definition) is 1. The van der Waals surface area contributed by atoms with E-state index in [4.69, 9.17) is 18.9 Å². The molecule has 11 heteroatoms. The molecule has 1 N–H and O–H groups in total. The third-order valence-corrected chi connectivity index (χ3v) is 6.13. The van der Waals surface area contributed by atoms with E-state index in [1.807, 2.05) is 30.3 Å². The van der Waals surface area contributed by atoms with E-state index in [0.717, 1.165) is 5.56 Å². The lowest BCUT2D eigenvalue weighted by Gasteiger charge is -2.44. The predicted octanol–water partition coefficient (Wildman–Crippen LogP) is 4.19. The Kier molecular flexibility index (Phi) is 9.84. The fourth-order valence-corrected chi connectivity index (χ4v) is 4.26. The van der Waals surface area contributed by atoms with Gasteiger partial charge in [-0.05, 0) is 35.4 Å². The summed E-state index contributed by atoms with van der Waals surface area (Å²) in [4.78, 5) is 40.9. The average Bonchev–Trinajstić information content (AvgIpc) is 2.98. The van der Waals surface area contributed by atoms with Gasteiger partial charge in [-0.15, -0.1) is 0 Å². The molecule has 1 aliphatic rings. The van der Waals surface area contributed by atoms with E-state index in [1.165, 1.54) is 6.92 Å². The fraction of sp³-hybridized carbons (Fsp3) is 0.276. The molecule has 0 saturated carbocycles. The number of nitrogens with zero attached hydrogens (tertiary/aromatic N) is 3. The molecule has 206 valence electrons. The number of esters is 2. The molecule has 5 atom stereocenters. The molecule has 1 fully saturated rings. The van der Waals surface area contributed by atoms with Crippen molar-refractivity contribution in [2.45, 2.75) is 44.1 Å². The fourth-order valence-electron chi connectivity index (χ4n) is 4.26. The highest BCUT2D eigenvalue weighted by molar-refractivity contribution is 5.90. The van der Waals surface area contributed by atoms with Crippen molar-refractivity contribution in [3.05, 3.63) is 118 Å². The Morgan fingerprint density at radius 3 is 2.05 bits per heavy atom. The normalized spacial score (nSPS) is 21.9. The van der Waals surface area contributed by atoms with Crippen molar-refractivity contribution < 1.29 is 33.3 Å². The number of benzene rings is 3. The van der Waals surface area contributed by atoms with Crippen LogP contribution in [0, 0.1) is 0 Å². The van der Waals surface area contributed by atoms with E-state index in [1.54, 1.807) is 60.7 Å². The van der Waals surface area contributed by atoms with Gasteiger partial charge in [-0.2, -0.15) is 0 Å². The molecule has 4 rings (SSSR count).